The summed E-state index contributed by atoms with van der Waals surface area (Å²) in [5.41, 5.74) is 2.23. The molecular formula is C14H19NO. The van der Waals surface area contributed by atoms with Gasteiger partial charge in [0.05, 0.1) is 0 Å². The summed E-state index contributed by atoms with van der Waals surface area (Å²) in [6.07, 6.45) is 8.22. The van der Waals surface area contributed by atoms with E-state index >= 15 is 0 Å². The molecule has 0 saturated heterocycles. The van der Waals surface area contributed by atoms with Crippen LogP contribution in [0.5, 0.6) is 5.75 Å². The minimum atomic E-state index is 0.337. The van der Waals surface area contributed by atoms with Gasteiger partial charge in [-0.05, 0) is 55.9 Å². The molecule has 2 nitrogen and oxygen atoms in total. The SMILES string of the molecule is Cc1cc(O)ccc1NCC1CC=CCC1. The van der Waals surface area contributed by atoms with Crippen LogP contribution < -0.4 is 5.32 Å². The summed E-state index contributed by atoms with van der Waals surface area (Å²) in [6.45, 7) is 3.04. The molecule has 0 amide bonds. The van der Waals surface area contributed by atoms with E-state index in [9.17, 15) is 5.11 Å². The molecule has 0 aliphatic heterocycles. The summed E-state index contributed by atoms with van der Waals surface area (Å²) < 4.78 is 0. The van der Waals surface area contributed by atoms with Crippen LogP contribution >= 0.6 is 0 Å². The van der Waals surface area contributed by atoms with Crippen molar-refractivity contribution in [1.29, 1.82) is 0 Å². The molecule has 0 spiro atoms. The van der Waals surface area contributed by atoms with Gasteiger partial charge in [-0.2, -0.15) is 0 Å². The first-order chi connectivity index (χ1) is 7.75. The predicted octanol–water partition coefficient (Wildman–Crippen LogP) is 3.47. The topological polar surface area (TPSA) is 32.3 Å². The smallest absolute Gasteiger partial charge is 0.115 e. The van der Waals surface area contributed by atoms with Crippen LogP contribution in [0.3, 0.4) is 0 Å². The maximum absolute atomic E-state index is 9.32. The number of benzene rings is 1. The van der Waals surface area contributed by atoms with Gasteiger partial charge in [-0.1, -0.05) is 12.2 Å². The van der Waals surface area contributed by atoms with E-state index in [1.807, 2.05) is 13.0 Å². The van der Waals surface area contributed by atoms with Crippen LogP contribution in [0.1, 0.15) is 24.8 Å². The largest absolute Gasteiger partial charge is 0.508 e. The second kappa shape index (κ2) is 5.06. The lowest BCUT2D eigenvalue weighted by molar-refractivity contribution is 0.475. The molecule has 0 aromatic heterocycles. The number of allylic oxidation sites excluding steroid dienone is 2. The molecule has 2 heteroatoms. The first-order valence-electron chi connectivity index (χ1n) is 5.94. The zero-order valence-electron chi connectivity index (χ0n) is 9.74. The van der Waals surface area contributed by atoms with Crippen molar-refractivity contribution in [2.75, 3.05) is 11.9 Å². The molecule has 1 aromatic carbocycles. The Labute approximate surface area is 97.0 Å². The van der Waals surface area contributed by atoms with Gasteiger partial charge in [-0.25, -0.2) is 0 Å². The van der Waals surface area contributed by atoms with Crippen molar-refractivity contribution in [3.8, 4) is 5.75 Å². The van der Waals surface area contributed by atoms with Crippen molar-refractivity contribution in [2.45, 2.75) is 26.2 Å². The monoisotopic (exact) mass is 217 g/mol. The van der Waals surface area contributed by atoms with Crippen molar-refractivity contribution < 1.29 is 5.11 Å². The van der Waals surface area contributed by atoms with Crippen LogP contribution in [-0.4, -0.2) is 11.7 Å². The third-order valence-corrected chi connectivity index (χ3v) is 3.17. The molecule has 1 aromatic rings. The summed E-state index contributed by atoms with van der Waals surface area (Å²) in [5, 5.41) is 12.8. The molecule has 0 heterocycles. The lowest BCUT2D eigenvalue weighted by Crippen LogP contribution is -2.15. The van der Waals surface area contributed by atoms with Gasteiger partial charge in [0.15, 0.2) is 0 Å². The Balaban J connectivity index is 1.91. The Morgan fingerprint density at radius 1 is 1.38 bits per heavy atom. The molecule has 0 bridgehead atoms. The number of hydrogen-bond donors (Lipinski definition) is 2. The molecule has 0 fully saturated rings. The second-order valence-corrected chi connectivity index (χ2v) is 4.53. The normalized spacial score (nSPS) is 19.7. The average Bonchev–Trinajstić information content (AvgIpc) is 2.29. The zero-order valence-corrected chi connectivity index (χ0v) is 9.74. The molecule has 0 saturated carbocycles. The Kier molecular flexibility index (Phi) is 3.50. The van der Waals surface area contributed by atoms with E-state index in [2.05, 4.69) is 17.5 Å². The standard InChI is InChI=1S/C14H19NO/c1-11-9-13(16)7-8-14(11)15-10-12-5-3-2-4-6-12/h2-3,7-9,12,15-16H,4-6,10H2,1H3. The van der Waals surface area contributed by atoms with E-state index in [1.54, 1.807) is 12.1 Å². The maximum Gasteiger partial charge on any atom is 0.115 e. The van der Waals surface area contributed by atoms with E-state index < -0.39 is 0 Å². The number of hydrogen-bond acceptors (Lipinski definition) is 2. The van der Waals surface area contributed by atoms with E-state index in [4.69, 9.17) is 0 Å². The summed E-state index contributed by atoms with van der Waals surface area (Å²) >= 11 is 0. The molecule has 1 aliphatic carbocycles. The fourth-order valence-electron chi connectivity index (χ4n) is 2.14. The average molecular weight is 217 g/mol. The van der Waals surface area contributed by atoms with Crippen molar-refractivity contribution in [2.24, 2.45) is 5.92 Å². The fraction of sp³-hybridized carbons (Fsp3) is 0.429. The van der Waals surface area contributed by atoms with Crippen LogP contribution in [0.2, 0.25) is 0 Å². The summed E-state index contributed by atoms with van der Waals surface area (Å²) in [4.78, 5) is 0. The third kappa shape index (κ3) is 2.78. The predicted molar refractivity (Wildman–Crippen MR) is 67.8 cm³/mol. The van der Waals surface area contributed by atoms with Crippen molar-refractivity contribution in [1.82, 2.24) is 0 Å². The van der Waals surface area contributed by atoms with Gasteiger partial charge >= 0.3 is 0 Å². The third-order valence-electron chi connectivity index (χ3n) is 3.17. The highest BCUT2D eigenvalue weighted by atomic mass is 16.3. The molecular weight excluding hydrogens is 198 g/mol. The number of nitrogens with one attached hydrogen (secondary N) is 1. The number of anilines is 1. The summed E-state index contributed by atoms with van der Waals surface area (Å²) in [5.74, 6) is 1.09. The molecule has 0 radical (unpaired) electrons. The highest BCUT2D eigenvalue weighted by Gasteiger charge is 2.09. The molecule has 1 unspecified atom stereocenters. The quantitative estimate of drug-likeness (QED) is 0.600. The fourth-order valence-corrected chi connectivity index (χ4v) is 2.14. The van der Waals surface area contributed by atoms with Crippen LogP contribution in [0.4, 0.5) is 5.69 Å². The summed E-state index contributed by atoms with van der Waals surface area (Å²) in [7, 11) is 0. The molecule has 1 atom stereocenters. The number of rotatable bonds is 3. The van der Waals surface area contributed by atoms with Crippen molar-refractivity contribution in [3.63, 3.8) is 0 Å². The van der Waals surface area contributed by atoms with E-state index in [0.29, 0.717) is 5.75 Å². The first-order valence-corrected chi connectivity index (χ1v) is 5.94. The first kappa shape index (κ1) is 11.1. The van der Waals surface area contributed by atoms with Gasteiger partial charge in [0.25, 0.3) is 0 Å². The molecule has 86 valence electrons. The molecule has 2 rings (SSSR count). The molecule has 1 aliphatic rings. The van der Waals surface area contributed by atoms with Gasteiger partial charge < -0.3 is 10.4 Å². The summed E-state index contributed by atoms with van der Waals surface area (Å²) in [6, 6.07) is 5.47. The number of aryl methyl sites for hydroxylation is 1. The minimum absolute atomic E-state index is 0.337. The maximum atomic E-state index is 9.32. The van der Waals surface area contributed by atoms with Gasteiger partial charge in [0, 0.05) is 12.2 Å². The van der Waals surface area contributed by atoms with Gasteiger partial charge in [0.2, 0.25) is 0 Å². The van der Waals surface area contributed by atoms with Gasteiger partial charge in [0.1, 0.15) is 5.75 Å². The Bertz CT molecular complexity index is 384. The van der Waals surface area contributed by atoms with Gasteiger partial charge in [-0.3, -0.25) is 0 Å². The highest BCUT2D eigenvalue weighted by molar-refractivity contribution is 5.53. The second-order valence-electron chi connectivity index (χ2n) is 4.53. The Morgan fingerprint density at radius 3 is 2.94 bits per heavy atom. The highest BCUT2D eigenvalue weighted by Crippen LogP contribution is 2.22. The number of aromatic hydroxyl groups is 1. The lowest BCUT2D eigenvalue weighted by Gasteiger charge is -2.19. The molecule has 16 heavy (non-hydrogen) atoms. The Hall–Kier alpha value is -1.44. The zero-order chi connectivity index (χ0) is 11.4. The van der Waals surface area contributed by atoms with Crippen LogP contribution in [-0.2, 0) is 0 Å². The van der Waals surface area contributed by atoms with Crippen molar-refractivity contribution >= 4 is 5.69 Å². The Morgan fingerprint density at radius 2 is 2.25 bits per heavy atom. The van der Waals surface area contributed by atoms with Crippen LogP contribution in [0.25, 0.3) is 0 Å². The van der Waals surface area contributed by atoms with E-state index in [-0.39, 0.29) is 0 Å². The van der Waals surface area contributed by atoms with Crippen LogP contribution in [0, 0.1) is 12.8 Å². The number of phenolic OH excluding ortho intramolecular Hbond substituents is 1. The van der Waals surface area contributed by atoms with Crippen molar-refractivity contribution in [3.05, 3.63) is 35.9 Å². The molecule has 2 N–H and O–H groups in total. The minimum Gasteiger partial charge on any atom is -0.508 e. The number of phenols is 1. The van der Waals surface area contributed by atoms with Crippen LogP contribution in [0.15, 0.2) is 30.4 Å². The lowest BCUT2D eigenvalue weighted by atomic mass is 9.94. The van der Waals surface area contributed by atoms with Gasteiger partial charge in [-0.15, -0.1) is 0 Å². The van der Waals surface area contributed by atoms with E-state index in [0.717, 1.165) is 23.7 Å². The van der Waals surface area contributed by atoms with E-state index in [1.165, 1.54) is 19.3 Å².